The lowest BCUT2D eigenvalue weighted by molar-refractivity contribution is 0.0526. The summed E-state index contributed by atoms with van der Waals surface area (Å²) < 4.78 is 4.94. The van der Waals surface area contributed by atoms with Crippen molar-refractivity contribution in [2.45, 2.75) is 27.2 Å². The van der Waals surface area contributed by atoms with Gasteiger partial charge >= 0.3 is 5.97 Å². The first-order chi connectivity index (χ1) is 11.4. The van der Waals surface area contributed by atoms with Crippen molar-refractivity contribution in [2.75, 3.05) is 17.7 Å². The quantitative estimate of drug-likeness (QED) is 0.583. The number of nitrogen functional groups attached to an aromatic ring is 1. The number of ketones is 1. The van der Waals surface area contributed by atoms with Crippen LogP contribution in [0.1, 0.15) is 47.2 Å². The number of hydrogen-bond donors (Lipinski definition) is 2. The molecule has 0 aliphatic carbocycles. The summed E-state index contributed by atoms with van der Waals surface area (Å²) in [6, 6.07) is 6.84. The van der Waals surface area contributed by atoms with Crippen molar-refractivity contribution >= 4 is 39.7 Å². The zero-order chi connectivity index (χ0) is 17.7. The van der Waals surface area contributed by atoms with Crippen LogP contribution in [0.2, 0.25) is 0 Å². The SMILES string of the molecule is CCOC(=O)c1ccc(Nc2nc(N)c(C(=O)CC(C)C)s2)cc1. The number of nitrogens with one attached hydrogen (secondary N) is 1. The van der Waals surface area contributed by atoms with Gasteiger partial charge in [-0.25, -0.2) is 9.78 Å². The molecule has 0 amide bonds. The monoisotopic (exact) mass is 347 g/mol. The van der Waals surface area contributed by atoms with Crippen LogP contribution < -0.4 is 11.1 Å². The lowest BCUT2D eigenvalue weighted by Gasteiger charge is -2.04. The predicted molar refractivity (Wildman–Crippen MR) is 96.0 cm³/mol. The molecule has 0 spiro atoms. The molecule has 2 aromatic rings. The van der Waals surface area contributed by atoms with E-state index in [1.165, 1.54) is 11.3 Å². The van der Waals surface area contributed by atoms with Crippen LogP contribution in [0.25, 0.3) is 0 Å². The number of Topliss-reactive ketones (excluding diaryl/α,β-unsaturated/α-hetero) is 1. The second kappa shape index (κ2) is 7.92. The number of hydrogen-bond acceptors (Lipinski definition) is 7. The number of ether oxygens (including phenoxy) is 1. The standard InChI is InChI=1S/C17H21N3O3S/c1-4-23-16(22)11-5-7-12(8-6-11)19-17-20-15(18)14(24-17)13(21)9-10(2)3/h5-8,10H,4,9,18H2,1-3H3,(H,19,20). The van der Waals surface area contributed by atoms with E-state index in [0.29, 0.717) is 28.6 Å². The van der Waals surface area contributed by atoms with Gasteiger partial charge in [0.05, 0.1) is 12.2 Å². The average molecular weight is 347 g/mol. The fraction of sp³-hybridized carbons (Fsp3) is 0.353. The van der Waals surface area contributed by atoms with E-state index in [2.05, 4.69) is 10.3 Å². The van der Waals surface area contributed by atoms with Crippen molar-refractivity contribution in [1.29, 1.82) is 0 Å². The van der Waals surface area contributed by atoms with Crippen LogP contribution in [0.3, 0.4) is 0 Å². The summed E-state index contributed by atoms with van der Waals surface area (Å²) in [5.74, 6) is 0.164. The van der Waals surface area contributed by atoms with Crippen molar-refractivity contribution < 1.29 is 14.3 Å². The number of aromatic nitrogens is 1. The molecule has 0 saturated heterocycles. The van der Waals surface area contributed by atoms with Crippen LogP contribution in [-0.2, 0) is 4.74 Å². The average Bonchev–Trinajstić information content (AvgIpc) is 2.88. The van der Waals surface area contributed by atoms with Crippen molar-refractivity contribution in [1.82, 2.24) is 4.98 Å². The Morgan fingerprint density at radius 1 is 1.29 bits per heavy atom. The zero-order valence-electron chi connectivity index (χ0n) is 14.0. The van der Waals surface area contributed by atoms with Crippen LogP contribution in [0.5, 0.6) is 0 Å². The van der Waals surface area contributed by atoms with Gasteiger partial charge in [-0.2, -0.15) is 0 Å². The lowest BCUT2D eigenvalue weighted by Crippen LogP contribution is -2.04. The van der Waals surface area contributed by atoms with Crippen LogP contribution in [-0.4, -0.2) is 23.3 Å². The largest absolute Gasteiger partial charge is 0.462 e. The van der Waals surface area contributed by atoms with Gasteiger partial charge < -0.3 is 15.8 Å². The number of esters is 1. The van der Waals surface area contributed by atoms with Gasteiger partial charge in [0.1, 0.15) is 10.7 Å². The third-order valence-electron chi connectivity index (χ3n) is 3.15. The number of rotatable bonds is 7. The summed E-state index contributed by atoms with van der Waals surface area (Å²) in [5.41, 5.74) is 7.08. The smallest absolute Gasteiger partial charge is 0.338 e. The summed E-state index contributed by atoms with van der Waals surface area (Å²) in [5, 5.41) is 3.64. The maximum atomic E-state index is 12.1. The molecular weight excluding hydrogens is 326 g/mol. The van der Waals surface area contributed by atoms with Gasteiger partial charge in [0.2, 0.25) is 0 Å². The van der Waals surface area contributed by atoms with Gasteiger partial charge in [0.15, 0.2) is 10.9 Å². The Morgan fingerprint density at radius 2 is 1.96 bits per heavy atom. The van der Waals surface area contributed by atoms with Crippen LogP contribution in [0, 0.1) is 5.92 Å². The highest BCUT2D eigenvalue weighted by Crippen LogP contribution is 2.29. The van der Waals surface area contributed by atoms with Crippen molar-refractivity contribution in [3.05, 3.63) is 34.7 Å². The van der Waals surface area contributed by atoms with E-state index in [1.54, 1.807) is 31.2 Å². The van der Waals surface area contributed by atoms with E-state index in [1.807, 2.05) is 13.8 Å². The normalized spacial score (nSPS) is 10.7. The minimum absolute atomic E-state index is 0.00529. The number of nitrogens with zero attached hydrogens (tertiary/aromatic N) is 1. The molecule has 0 atom stereocenters. The maximum Gasteiger partial charge on any atom is 0.338 e. The Hall–Kier alpha value is -2.41. The fourth-order valence-electron chi connectivity index (χ4n) is 2.08. The third kappa shape index (κ3) is 4.55. The first kappa shape index (κ1) is 17.9. The lowest BCUT2D eigenvalue weighted by atomic mass is 10.1. The second-order valence-corrected chi connectivity index (χ2v) is 6.68. The number of thiazole rings is 1. The summed E-state index contributed by atoms with van der Waals surface area (Å²) in [6.45, 7) is 6.07. The Bertz CT molecular complexity index is 723. The molecule has 0 aliphatic rings. The van der Waals surface area contributed by atoms with Gasteiger partial charge in [-0.3, -0.25) is 4.79 Å². The molecule has 0 bridgehead atoms. The molecule has 0 radical (unpaired) electrons. The number of anilines is 3. The van der Waals surface area contributed by atoms with Crippen molar-refractivity contribution in [2.24, 2.45) is 5.92 Å². The second-order valence-electron chi connectivity index (χ2n) is 5.68. The predicted octanol–water partition coefficient (Wildman–Crippen LogP) is 3.87. The first-order valence-corrected chi connectivity index (χ1v) is 8.56. The Kier molecular flexibility index (Phi) is 5.92. The Labute approximate surface area is 145 Å². The Balaban J connectivity index is 2.09. The van der Waals surface area contributed by atoms with Crippen molar-refractivity contribution in [3.8, 4) is 0 Å². The summed E-state index contributed by atoms with van der Waals surface area (Å²) >= 11 is 1.23. The minimum Gasteiger partial charge on any atom is -0.462 e. The van der Waals surface area contributed by atoms with Crippen LogP contribution in [0.4, 0.5) is 16.6 Å². The van der Waals surface area contributed by atoms with E-state index in [9.17, 15) is 9.59 Å². The first-order valence-electron chi connectivity index (χ1n) is 7.74. The molecule has 1 aromatic carbocycles. The molecule has 0 aliphatic heterocycles. The minimum atomic E-state index is -0.357. The van der Waals surface area contributed by atoms with E-state index in [0.717, 1.165) is 5.69 Å². The molecule has 1 heterocycles. The summed E-state index contributed by atoms with van der Waals surface area (Å²) in [4.78, 5) is 28.4. The zero-order valence-corrected chi connectivity index (χ0v) is 14.8. The number of benzene rings is 1. The van der Waals surface area contributed by atoms with E-state index >= 15 is 0 Å². The third-order valence-corrected chi connectivity index (χ3v) is 4.18. The number of carbonyl (C=O) groups is 2. The molecule has 24 heavy (non-hydrogen) atoms. The molecule has 0 saturated carbocycles. The summed E-state index contributed by atoms with van der Waals surface area (Å²) in [7, 11) is 0. The topological polar surface area (TPSA) is 94.3 Å². The maximum absolute atomic E-state index is 12.1. The molecule has 1 aromatic heterocycles. The van der Waals surface area contributed by atoms with Crippen LogP contribution in [0.15, 0.2) is 24.3 Å². The fourth-order valence-corrected chi connectivity index (χ4v) is 2.93. The number of carbonyl (C=O) groups excluding carboxylic acids is 2. The number of nitrogens with two attached hydrogens (primary N) is 1. The molecule has 128 valence electrons. The summed E-state index contributed by atoms with van der Waals surface area (Å²) in [6.07, 6.45) is 0.445. The Morgan fingerprint density at radius 3 is 2.54 bits per heavy atom. The van der Waals surface area contributed by atoms with Gasteiger partial charge in [-0.05, 0) is 37.1 Å². The highest BCUT2D eigenvalue weighted by atomic mass is 32.1. The van der Waals surface area contributed by atoms with E-state index in [4.69, 9.17) is 10.5 Å². The van der Waals surface area contributed by atoms with Gasteiger partial charge in [0.25, 0.3) is 0 Å². The molecular formula is C17H21N3O3S. The van der Waals surface area contributed by atoms with Crippen LogP contribution >= 0.6 is 11.3 Å². The molecule has 7 heteroatoms. The van der Waals surface area contributed by atoms with Crippen molar-refractivity contribution in [3.63, 3.8) is 0 Å². The molecule has 2 rings (SSSR count). The molecule has 0 unspecified atom stereocenters. The van der Waals surface area contributed by atoms with E-state index in [-0.39, 0.29) is 23.5 Å². The van der Waals surface area contributed by atoms with Gasteiger partial charge in [-0.15, -0.1) is 0 Å². The van der Waals surface area contributed by atoms with Gasteiger partial charge in [-0.1, -0.05) is 25.2 Å². The molecule has 3 N–H and O–H groups in total. The highest BCUT2D eigenvalue weighted by Gasteiger charge is 2.17. The van der Waals surface area contributed by atoms with Gasteiger partial charge in [0, 0.05) is 12.1 Å². The van der Waals surface area contributed by atoms with E-state index < -0.39 is 0 Å². The molecule has 6 nitrogen and oxygen atoms in total. The highest BCUT2D eigenvalue weighted by molar-refractivity contribution is 7.18. The molecule has 0 fully saturated rings.